The van der Waals surface area contributed by atoms with E-state index in [1.165, 1.54) is 11.1 Å². The van der Waals surface area contributed by atoms with E-state index in [4.69, 9.17) is 4.74 Å². The third-order valence-electron chi connectivity index (χ3n) is 2.73. The van der Waals surface area contributed by atoms with Crippen LogP contribution in [0.25, 0.3) is 0 Å². The Morgan fingerprint density at radius 2 is 2.20 bits per heavy atom. The zero-order chi connectivity index (χ0) is 10.8. The monoisotopic (exact) mass is 203 g/mol. The highest BCUT2D eigenvalue weighted by Gasteiger charge is 2.22. The maximum Gasteiger partial charge on any atom is 0.126 e. The predicted octanol–water partition coefficient (Wildman–Crippen LogP) is 2.62. The van der Waals surface area contributed by atoms with Crippen LogP contribution in [0.1, 0.15) is 13.8 Å². The van der Waals surface area contributed by atoms with Crippen LogP contribution in [-0.2, 0) is 4.74 Å². The Balaban J connectivity index is 2.39. The first-order chi connectivity index (χ1) is 7.22. The van der Waals surface area contributed by atoms with Gasteiger partial charge in [0, 0.05) is 18.8 Å². The van der Waals surface area contributed by atoms with Crippen molar-refractivity contribution in [2.75, 3.05) is 13.7 Å². The molecule has 2 nitrogen and oxygen atoms in total. The minimum atomic E-state index is 0.334. The number of hydrogen-bond donors (Lipinski definition) is 0. The molecule has 15 heavy (non-hydrogen) atoms. The Morgan fingerprint density at radius 1 is 1.40 bits per heavy atom. The van der Waals surface area contributed by atoms with Gasteiger partial charge in [0.2, 0.25) is 0 Å². The molecule has 0 fully saturated rings. The predicted molar refractivity (Wildman–Crippen MR) is 62.2 cm³/mol. The third-order valence-corrected chi connectivity index (χ3v) is 2.73. The number of allylic oxidation sites excluding steroid dienone is 3. The second-order valence-electron chi connectivity index (χ2n) is 3.93. The van der Waals surface area contributed by atoms with Gasteiger partial charge in [-0.15, -0.1) is 0 Å². The van der Waals surface area contributed by atoms with Gasteiger partial charge in [0.05, 0.1) is 12.6 Å². The van der Waals surface area contributed by atoms with Crippen molar-refractivity contribution in [3.05, 3.63) is 47.4 Å². The zero-order valence-electron chi connectivity index (χ0n) is 9.53. The molecule has 1 aliphatic heterocycles. The second kappa shape index (κ2) is 3.97. The second-order valence-corrected chi connectivity index (χ2v) is 3.93. The first kappa shape index (κ1) is 10.1. The first-order valence-corrected chi connectivity index (χ1v) is 5.36. The molecule has 0 aromatic heterocycles. The highest BCUT2D eigenvalue weighted by molar-refractivity contribution is 5.46. The van der Waals surface area contributed by atoms with Crippen LogP contribution >= 0.6 is 0 Å². The summed E-state index contributed by atoms with van der Waals surface area (Å²) >= 11 is 0. The number of rotatable bonds is 2. The highest BCUT2D eigenvalue weighted by atomic mass is 16.5. The molecule has 1 heterocycles. The highest BCUT2D eigenvalue weighted by Crippen LogP contribution is 2.28. The van der Waals surface area contributed by atoms with Gasteiger partial charge in [-0.25, -0.2) is 0 Å². The van der Waals surface area contributed by atoms with Crippen molar-refractivity contribution >= 4 is 0 Å². The summed E-state index contributed by atoms with van der Waals surface area (Å²) in [5.74, 6) is 1.00. The third kappa shape index (κ3) is 1.84. The van der Waals surface area contributed by atoms with Crippen LogP contribution in [0.2, 0.25) is 0 Å². The lowest BCUT2D eigenvalue weighted by molar-refractivity contribution is 0.229. The maximum absolute atomic E-state index is 5.64. The molecule has 2 rings (SSSR count). The van der Waals surface area contributed by atoms with E-state index in [0.29, 0.717) is 6.04 Å². The van der Waals surface area contributed by atoms with E-state index in [9.17, 15) is 0 Å². The fourth-order valence-electron chi connectivity index (χ4n) is 1.96. The van der Waals surface area contributed by atoms with Crippen molar-refractivity contribution in [1.82, 2.24) is 4.90 Å². The zero-order valence-corrected chi connectivity index (χ0v) is 9.53. The van der Waals surface area contributed by atoms with Crippen molar-refractivity contribution < 1.29 is 4.74 Å². The lowest BCUT2D eigenvalue weighted by Gasteiger charge is -2.32. The minimum Gasteiger partial charge on any atom is -0.493 e. The number of likely N-dealkylation sites (N-methyl/N-ethyl adjacent to an activating group) is 1. The molecule has 1 unspecified atom stereocenters. The van der Waals surface area contributed by atoms with Crippen LogP contribution < -0.4 is 0 Å². The van der Waals surface area contributed by atoms with Gasteiger partial charge in [0.25, 0.3) is 0 Å². The number of fused-ring (bicyclic) bond motifs is 1. The topological polar surface area (TPSA) is 12.5 Å². The Morgan fingerprint density at radius 3 is 2.93 bits per heavy atom. The average molecular weight is 203 g/mol. The van der Waals surface area contributed by atoms with Crippen LogP contribution in [0, 0.1) is 0 Å². The van der Waals surface area contributed by atoms with Gasteiger partial charge in [-0.3, -0.25) is 0 Å². The van der Waals surface area contributed by atoms with Gasteiger partial charge in [-0.1, -0.05) is 17.7 Å². The maximum atomic E-state index is 5.64. The standard InChI is InChI=1S/C13H17NO/c1-4-15-13-7-8-14(3)12-6-5-10(2)9-11(12)13/h5-9,12H,4H2,1-3H3. The summed E-state index contributed by atoms with van der Waals surface area (Å²) in [6, 6.07) is 0.334. The van der Waals surface area contributed by atoms with Crippen LogP contribution in [0.3, 0.4) is 0 Å². The summed E-state index contributed by atoms with van der Waals surface area (Å²) < 4.78 is 5.64. The summed E-state index contributed by atoms with van der Waals surface area (Å²) in [6.45, 7) is 4.85. The number of hydrogen-bond acceptors (Lipinski definition) is 2. The molecule has 1 atom stereocenters. The molecule has 0 aromatic carbocycles. The molecule has 2 heteroatoms. The van der Waals surface area contributed by atoms with E-state index >= 15 is 0 Å². The summed E-state index contributed by atoms with van der Waals surface area (Å²) in [4.78, 5) is 2.19. The lowest BCUT2D eigenvalue weighted by Crippen LogP contribution is -2.31. The van der Waals surface area contributed by atoms with Crippen LogP contribution in [0.5, 0.6) is 0 Å². The van der Waals surface area contributed by atoms with E-state index in [0.717, 1.165) is 12.4 Å². The normalized spacial score (nSPS) is 24.1. The summed E-state index contributed by atoms with van der Waals surface area (Å²) in [5.41, 5.74) is 2.55. The van der Waals surface area contributed by atoms with E-state index < -0.39 is 0 Å². The summed E-state index contributed by atoms with van der Waals surface area (Å²) in [7, 11) is 2.09. The van der Waals surface area contributed by atoms with E-state index in [1.54, 1.807) is 0 Å². The summed E-state index contributed by atoms with van der Waals surface area (Å²) in [5, 5.41) is 0. The van der Waals surface area contributed by atoms with Crippen molar-refractivity contribution in [2.24, 2.45) is 0 Å². The molecule has 1 aliphatic carbocycles. The molecule has 0 amide bonds. The smallest absolute Gasteiger partial charge is 0.126 e. The van der Waals surface area contributed by atoms with Crippen molar-refractivity contribution in [3.63, 3.8) is 0 Å². The summed E-state index contributed by atoms with van der Waals surface area (Å²) in [6.07, 6.45) is 10.7. The number of nitrogens with zero attached hydrogens (tertiary/aromatic N) is 1. The van der Waals surface area contributed by atoms with Crippen LogP contribution in [0.15, 0.2) is 47.4 Å². The van der Waals surface area contributed by atoms with Crippen LogP contribution in [0.4, 0.5) is 0 Å². The molecule has 0 aromatic rings. The molecular weight excluding hydrogens is 186 g/mol. The van der Waals surface area contributed by atoms with Crippen molar-refractivity contribution in [2.45, 2.75) is 19.9 Å². The minimum absolute atomic E-state index is 0.334. The van der Waals surface area contributed by atoms with E-state index in [2.05, 4.69) is 43.3 Å². The lowest BCUT2D eigenvalue weighted by atomic mass is 9.94. The fraction of sp³-hybridized carbons (Fsp3) is 0.385. The Hall–Kier alpha value is -1.44. The molecule has 0 saturated carbocycles. The largest absolute Gasteiger partial charge is 0.493 e. The van der Waals surface area contributed by atoms with Gasteiger partial charge >= 0.3 is 0 Å². The Bertz CT molecular complexity index is 374. The molecule has 0 radical (unpaired) electrons. The molecule has 80 valence electrons. The SMILES string of the molecule is CCOC1=C2C=C(C)C=CC2N(C)C=C1. The Kier molecular flexibility index (Phi) is 2.67. The van der Waals surface area contributed by atoms with Gasteiger partial charge in [-0.05, 0) is 26.0 Å². The quantitative estimate of drug-likeness (QED) is 0.684. The van der Waals surface area contributed by atoms with Crippen molar-refractivity contribution in [3.8, 4) is 0 Å². The van der Waals surface area contributed by atoms with Crippen LogP contribution in [-0.4, -0.2) is 24.6 Å². The molecule has 0 spiro atoms. The molecular formula is C13H17NO. The van der Waals surface area contributed by atoms with E-state index in [-0.39, 0.29) is 0 Å². The van der Waals surface area contributed by atoms with Gasteiger partial charge in [-0.2, -0.15) is 0 Å². The number of ether oxygens (including phenoxy) is 1. The fourth-order valence-corrected chi connectivity index (χ4v) is 1.96. The average Bonchev–Trinajstić information content (AvgIpc) is 2.22. The molecule has 0 bridgehead atoms. The molecule has 0 saturated heterocycles. The van der Waals surface area contributed by atoms with Gasteiger partial charge < -0.3 is 9.64 Å². The molecule has 0 N–H and O–H groups in total. The Labute approximate surface area is 91.2 Å². The van der Waals surface area contributed by atoms with E-state index in [1.807, 2.05) is 13.0 Å². The van der Waals surface area contributed by atoms with Gasteiger partial charge in [0.1, 0.15) is 5.76 Å². The van der Waals surface area contributed by atoms with Crippen molar-refractivity contribution in [1.29, 1.82) is 0 Å². The van der Waals surface area contributed by atoms with Gasteiger partial charge in [0.15, 0.2) is 0 Å². The first-order valence-electron chi connectivity index (χ1n) is 5.36. The molecule has 2 aliphatic rings.